The Morgan fingerprint density at radius 3 is 2.52 bits per heavy atom. The maximum absolute atomic E-state index is 11.6. The number of hydrogen-bond acceptors (Lipinski definition) is 4. The lowest BCUT2D eigenvalue weighted by Crippen LogP contribution is -2.37. The maximum atomic E-state index is 11.6. The smallest absolute Gasteiger partial charge is 0.407 e. The molecule has 0 spiro atoms. The van der Waals surface area contributed by atoms with Gasteiger partial charge in [-0.1, -0.05) is 37.0 Å². The van der Waals surface area contributed by atoms with Gasteiger partial charge in [-0.2, -0.15) is 0 Å². The predicted octanol–water partition coefficient (Wildman–Crippen LogP) is 2.87. The van der Waals surface area contributed by atoms with E-state index in [0.717, 1.165) is 0 Å². The molecule has 23 heavy (non-hydrogen) atoms. The zero-order valence-corrected chi connectivity index (χ0v) is 14.5. The fourth-order valence-corrected chi connectivity index (χ4v) is 1.91. The van der Waals surface area contributed by atoms with Gasteiger partial charge in [0.15, 0.2) is 6.61 Å². The van der Waals surface area contributed by atoms with E-state index < -0.39 is 6.09 Å². The minimum atomic E-state index is -0.503. The van der Waals surface area contributed by atoms with Gasteiger partial charge in [0, 0.05) is 18.1 Å². The van der Waals surface area contributed by atoms with E-state index in [1.165, 1.54) is 6.07 Å². The van der Waals surface area contributed by atoms with Crippen LogP contribution in [0.15, 0.2) is 18.2 Å². The minimum Gasteiger partial charge on any atom is -0.482 e. The Balaban J connectivity index is 2.16. The molecular weight excluding hydrogens is 343 g/mol. The molecule has 2 amide bonds. The summed E-state index contributed by atoms with van der Waals surface area (Å²) in [6.07, 6.45) is -0.503. The zero-order chi connectivity index (χ0) is 17.2. The summed E-state index contributed by atoms with van der Waals surface area (Å²) in [5.41, 5.74) is 0. The van der Waals surface area contributed by atoms with Crippen molar-refractivity contribution in [2.75, 3.05) is 26.3 Å². The number of halogens is 2. The first-order valence-electron chi connectivity index (χ1n) is 7.13. The van der Waals surface area contributed by atoms with Gasteiger partial charge < -0.3 is 20.1 Å². The summed E-state index contributed by atoms with van der Waals surface area (Å²) in [5, 5.41) is 5.95. The Bertz CT molecular complexity index is 538. The van der Waals surface area contributed by atoms with Crippen molar-refractivity contribution >= 4 is 35.2 Å². The van der Waals surface area contributed by atoms with Gasteiger partial charge in [0.25, 0.3) is 5.91 Å². The van der Waals surface area contributed by atoms with Crippen LogP contribution >= 0.6 is 23.2 Å². The molecule has 0 bridgehead atoms. The van der Waals surface area contributed by atoms with Crippen LogP contribution in [0.4, 0.5) is 4.79 Å². The third-order valence-electron chi connectivity index (χ3n) is 2.52. The summed E-state index contributed by atoms with van der Waals surface area (Å²) in [7, 11) is 0. The van der Waals surface area contributed by atoms with Gasteiger partial charge in [-0.25, -0.2) is 4.79 Å². The Morgan fingerprint density at radius 1 is 1.17 bits per heavy atom. The molecule has 0 atom stereocenters. The average Bonchev–Trinajstić information content (AvgIpc) is 2.48. The molecule has 0 unspecified atom stereocenters. The first-order valence-corrected chi connectivity index (χ1v) is 7.89. The molecule has 0 aliphatic rings. The molecule has 1 aromatic carbocycles. The topological polar surface area (TPSA) is 76.7 Å². The first-order chi connectivity index (χ1) is 10.9. The van der Waals surface area contributed by atoms with Crippen LogP contribution in [0, 0.1) is 5.92 Å². The molecule has 0 saturated carbocycles. The number of alkyl carbamates (subject to hydrolysis) is 1. The lowest BCUT2D eigenvalue weighted by atomic mass is 10.2. The van der Waals surface area contributed by atoms with Gasteiger partial charge in [-0.15, -0.1) is 0 Å². The lowest BCUT2D eigenvalue weighted by Gasteiger charge is -2.10. The second kappa shape index (κ2) is 10.2. The Morgan fingerprint density at radius 2 is 1.87 bits per heavy atom. The van der Waals surface area contributed by atoms with Crippen molar-refractivity contribution in [3.05, 3.63) is 28.2 Å². The van der Waals surface area contributed by atoms with Crippen molar-refractivity contribution in [2.24, 2.45) is 5.92 Å². The van der Waals surface area contributed by atoms with Crippen LogP contribution in [0.1, 0.15) is 13.8 Å². The van der Waals surface area contributed by atoms with Gasteiger partial charge >= 0.3 is 6.09 Å². The van der Waals surface area contributed by atoms with Crippen molar-refractivity contribution < 1.29 is 19.1 Å². The molecule has 6 nitrogen and oxygen atoms in total. The molecule has 0 aliphatic heterocycles. The van der Waals surface area contributed by atoms with Crippen molar-refractivity contribution in [3.8, 4) is 5.75 Å². The third kappa shape index (κ3) is 8.52. The van der Waals surface area contributed by atoms with Crippen LogP contribution in [0.2, 0.25) is 10.0 Å². The van der Waals surface area contributed by atoms with Crippen molar-refractivity contribution in [2.45, 2.75) is 13.8 Å². The normalized spacial score (nSPS) is 10.3. The molecule has 0 fully saturated rings. The number of hydrogen-bond donors (Lipinski definition) is 2. The standard InChI is InChI=1S/C15H20Cl2N2O4/c1-10(2)8-23-15(21)19-6-5-18-14(20)9-22-13-4-3-11(16)7-12(13)17/h3-4,7,10H,5-6,8-9H2,1-2H3,(H,18,20)(H,19,21). The number of ether oxygens (including phenoxy) is 2. The number of amides is 2. The molecule has 0 heterocycles. The monoisotopic (exact) mass is 362 g/mol. The Kier molecular flexibility index (Phi) is 8.58. The van der Waals surface area contributed by atoms with E-state index in [2.05, 4.69) is 10.6 Å². The van der Waals surface area contributed by atoms with E-state index >= 15 is 0 Å². The summed E-state index contributed by atoms with van der Waals surface area (Å²) in [4.78, 5) is 22.9. The van der Waals surface area contributed by atoms with E-state index in [0.29, 0.717) is 22.4 Å². The molecule has 1 aromatic rings. The number of carbonyl (C=O) groups excluding carboxylic acids is 2. The number of nitrogens with one attached hydrogen (secondary N) is 2. The highest BCUT2D eigenvalue weighted by Crippen LogP contribution is 2.27. The molecule has 0 aromatic heterocycles. The minimum absolute atomic E-state index is 0.181. The molecule has 0 aliphatic carbocycles. The summed E-state index contributed by atoms with van der Waals surface area (Å²) >= 11 is 11.7. The molecule has 1 rings (SSSR count). The molecule has 0 saturated heterocycles. The second-order valence-electron chi connectivity index (χ2n) is 5.13. The Hall–Kier alpha value is -1.66. The fourth-order valence-electron chi connectivity index (χ4n) is 1.45. The van der Waals surface area contributed by atoms with Gasteiger partial charge in [-0.05, 0) is 24.1 Å². The number of benzene rings is 1. The van der Waals surface area contributed by atoms with Crippen molar-refractivity contribution in [1.82, 2.24) is 10.6 Å². The van der Waals surface area contributed by atoms with Crippen molar-refractivity contribution in [1.29, 1.82) is 0 Å². The fraction of sp³-hybridized carbons (Fsp3) is 0.467. The molecule has 128 valence electrons. The van der Waals surface area contributed by atoms with E-state index in [9.17, 15) is 9.59 Å². The number of carbonyl (C=O) groups is 2. The van der Waals surface area contributed by atoms with Crippen LogP contribution < -0.4 is 15.4 Å². The highest BCUT2D eigenvalue weighted by atomic mass is 35.5. The van der Waals surface area contributed by atoms with Crippen LogP contribution in [0.25, 0.3) is 0 Å². The van der Waals surface area contributed by atoms with Gasteiger partial charge in [0.05, 0.1) is 11.6 Å². The summed E-state index contributed by atoms with van der Waals surface area (Å²) in [5.74, 6) is 0.326. The van der Waals surface area contributed by atoms with Crippen molar-refractivity contribution in [3.63, 3.8) is 0 Å². The molecule has 0 radical (unpaired) electrons. The van der Waals surface area contributed by atoms with Crippen LogP contribution in [-0.4, -0.2) is 38.3 Å². The van der Waals surface area contributed by atoms with E-state index in [-0.39, 0.29) is 31.5 Å². The van der Waals surface area contributed by atoms with Crippen LogP contribution in [0.3, 0.4) is 0 Å². The summed E-state index contributed by atoms with van der Waals surface area (Å²) in [6, 6.07) is 4.74. The van der Waals surface area contributed by atoms with Gasteiger partial charge in [0.1, 0.15) is 5.75 Å². The predicted molar refractivity (Wildman–Crippen MR) is 89.2 cm³/mol. The average molecular weight is 363 g/mol. The molecule has 8 heteroatoms. The van der Waals surface area contributed by atoms with Gasteiger partial charge in [0.2, 0.25) is 0 Å². The highest BCUT2D eigenvalue weighted by Gasteiger charge is 2.07. The quantitative estimate of drug-likeness (QED) is 0.697. The third-order valence-corrected chi connectivity index (χ3v) is 3.05. The second-order valence-corrected chi connectivity index (χ2v) is 5.98. The van der Waals surface area contributed by atoms with Crippen LogP contribution in [-0.2, 0) is 9.53 Å². The largest absolute Gasteiger partial charge is 0.482 e. The van der Waals surface area contributed by atoms with Gasteiger partial charge in [-0.3, -0.25) is 4.79 Å². The van der Waals surface area contributed by atoms with Crippen LogP contribution in [0.5, 0.6) is 5.75 Å². The number of rotatable bonds is 8. The molecular formula is C15H20Cl2N2O4. The lowest BCUT2D eigenvalue weighted by molar-refractivity contribution is -0.123. The SMILES string of the molecule is CC(C)COC(=O)NCCNC(=O)COc1ccc(Cl)cc1Cl. The van der Waals surface area contributed by atoms with E-state index in [4.69, 9.17) is 32.7 Å². The van der Waals surface area contributed by atoms with E-state index in [1.54, 1.807) is 12.1 Å². The first kappa shape index (κ1) is 19.4. The Labute approximate surface area is 145 Å². The zero-order valence-electron chi connectivity index (χ0n) is 13.0. The summed E-state index contributed by atoms with van der Waals surface area (Å²) in [6.45, 7) is 4.60. The maximum Gasteiger partial charge on any atom is 0.407 e. The van der Waals surface area contributed by atoms with E-state index in [1.807, 2.05) is 13.8 Å². The highest BCUT2D eigenvalue weighted by molar-refractivity contribution is 6.35. The molecule has 2 N–H and O–H groups in total. The summed E-state index contributed by atoms with van der Waals surface area (Å²) < 4.78 is 10.2.